The van der Waals surface area contributed by atoms with E-state index in [1.54, 1.807) is 11.3 Å². The lowest BCUT2D eigenvalue weighted by molar-refractivity contribution is 0.397. The summed E-state index contributed by atoms with van der Waals surface area (Å²) in [5, 5.41) is 3.86. The smallest absolute Gasteiger partial charge is 0.267 e. The summed E-state index contributed by atoms with van der Waals surface area (Å²) >= 11 is 1.56. The molecule has 3 nitrogen and oxygen atoms in total. The molecule has 0 atom stereocenters. The van der Waals surface area contributed by atoms with Crippen LogP contribution < -0.4 is 0 Å². The molecule has 68 valence electrons. The summed E-state index contributed by atoms with van der Waals surface area (Å²) in [7, 11) is -2.11. The van der Waals surface area contributed by atoms with Crippen LogP contribution in [0.25, 0.3) is 0 Å². The van der Waals surface area contributed by atoms with Gasteiger partial charge in [-0.05, 0) is 28.8 Å². The molecule has 0 saturated heterocycles. The van der Waals surface area contributed by atoms with Crippen LogP contribution in [0.5, 0.6) is 0 Å². The first kappa shape index (κ1) is 9.70. The average molecular weight is 206 g/mol. The van der Waals surface area contributed by atoms with Crippen molar-refractivity contribution in [1.82, 2.24) is 0 Å². The third kappa shape index (κ3) is 2.92. The van der Waals surface area contributed by atoms with E-state index in [0.29, 0.717) is 6.42 Å². The van der Waals surface area contributed by atoms with Crippen LogP contribution in [0.3, 0.4) is 0 Å². The van der Waals surface area contributed by atoms with Gasteiger partial charge >= 0.3 is 0 Å². The molecule has 1 aromatic heterocycles. The maximum Gasteiger partial charge on any atom is 0.267 e. The Labute approximate surface area is 76.1 Å². The quantitative estimate of drug-likeness (QED) is 0.697. The van der Waals surface area contributed by atoms with E-state index in [-0.39, 0.29) is 5.75 Å². The van der Waals surface area contributed by atoms with Gasteiger partial charge in [0, 0.05) is 0 Å². The number of rotatable bonds is 4. The van der Waals surface area contributed by atoms with E-state index < -0.39 is 10.1 Å². The van der Waals surface area contributed by atoms with Crippen LogP contribution in [0.2, 0.25) is 0 Å². The van der Waals surface area contributed by atoms with Gasteiger partial charge in [-0.1, -0.05) is 0 Å². The molecule has 1 rings (SSSR count). The van der Waals surface area contributed by atoms with E-state index in [1.165, 1.54) is 7.11 Å². The summed E-state index contributed by atoms with van der Waals surface area (Å²) in [5.41, 5.74) is 1.04. The Bertz CT molecular complexity index is 312. The van der Waals surface area contributed by atoms with Crippen molar-refractivity contribution in [3.05, 3.63) is 22.4 Å². The van der Waals surface area contributed by atoms with Gasteiger partial charge in [-0.3, -0.25) is 4.18 Å². The third-order valence-electron chi connectivity index (χ3n) is 1.47. The topological polar surface area (TPSA) is 43.4 Å². The zero-order chi connectivity index (χ0) is 9.03. The number of hydrogen-bond donors (Lipinski definition) is 0. The van der Waals surface area contributed by atoms with Crippen molar-refractivity contribution in [2.24, 2.45) is 0 Å². The second kappa shape index (κ2) is 4.02. The minimum atomic E-state index is -3.29. The fraction of sp³-hybridized carbons (Fsp3) is 0.429. The Hall–Kier alpha value is -0.390. The minimum Gasteiger partial charge on any atom is -0.273 e. The molecular formula is C7H10O3S2. The molecule has 0 N–H and O–H groups in total. The van der Waals surface area contributed by atoms with E-state index in [1.807, 2.05) is 16.8 Å². The highest BCUT2D eigenvalue weighted by Gasteiger charge is 2.08. The number of hydrogen-bond acceptors (Lipinski definition) is 4. The predicted molar refractivity (Wildman–Crippen MR) is 48.8 cm³/mol. The van der Waals surface area contributed by atoms with E-state index in [4.69, 9.17) is 0 Å². The van der Waals surface area contributed by atoms with Crippen molar-refractivity contribution in [2.75, 3.05) is 12.9 Å². The first-order valence-electron chi connectivity index (χ1n) is 3.43. The highest BCUT2D eigenvalue weighted by molar-refractivity contribution is 7.86. The maximum atomic E-state index is 10.9. The monoisotopic (exact) mass is 206 g/mol. The van der Waals surface area contributed by atoms with E-state index in [0.717, 1.165) is 5.56 Å². The van der Waals surface area contributed by atoms with Gasteiger partial charge in [-0.25, -0.2) is 0 Å². The summed E-state index contributed by atoms with van der Waals surface area (Å²) in [6.45, 7) is 0. The molecule has 0 fully saturated rings. The highest BCUT2D eigenvalue weighted by atomic mass is 32.2. The zero-order valence-electron chi connectivity index (χ0n) is 6.69. The van der Waals surface area contributed by atoms with Gasteiger partial charge in [0.15, 0.2) is 0 Å². The molecule has 12 heavy (non-hydrogen) atoms. The molecule has 1 aromatic rings. The Kier molecular flexibility index (Phi) is 3.25. The lowest BCUT2D eigenvalue weighted by Crippen LogP contribution is -2.09. The molecule has 0 aliphatic carbocycles. The average Bonchev–Trinajstić information content (AvgIpc) is 2.53. The van der Waals surface area contributed by atoms with E-state index in [9.17, 15) is 8.42 Å². The predicted octanol–water partition coefficient (Wildman–Crippen LogP) is 1.27. The van der Waals surface area contributed by atoms with Gasteiger partial charge < -0.3 is 0 Å². The highest BCUT2D eigenvalue weighted by Crippen LogP contribution is 2.07. The molecule has 0 saturated carbocycles. The van der Waals surface area contributed by atoms with Gasteiger partial charge in [0.05, 0.1) is 12.9 Å². The molecule has 0 amide bonds. The normalized spacial score (nSPS) is 11.8. The van der Waals surface area contributed by atoms with Crippen LogP contribution in [-0.4, -0.2) is 21.3 Å². The lowest BCUT2D eigenvalue weighted by Gasteiger charge is -1.98. The summed E-state index contributed by atoms with van der Waals surface area (Å²) in [6, 6.07) is 1.91. The molecule has 0 spiro atoms. The Balaban J connectivity index is 2.47. The summed E-state index contributed by atoms with van der Waals surface area (Å²) in [6.07, 6.45) is 0.527. The van der Waals surface area contributed by atoms with Gasteiger partial charge in [0.2, 0.25) is 0 Å². The van der Waals surface area contributed by atoms with E-state index in [2.05, 4.69) is 4.18 Å². The lowest BCUT2D eigenvalue weighted by atomic mass is 10.3. The molecule has 0 unspecified atom stereocenters. The van der Waals surface area contributed by atoms with Gasteiger partial charge in [0.1, 0.15) is 0 Å². The third-order valence-corrected chi connectivity index (χ3v) is 3.42. The fourth-order valence-corrected chi connectivity index (χ4v) is 2.12. The van der Waals surface area contributed by atoms with Crippen molar-refractivity contribution >= 4 is 21.5 Å². The molecule has 5 heteroatoms. The standard InChI is InChI=1S/C7H10O3S2/c1-10-12(8,9)5-3-7-2-4-11-6-7/h2,4,6H,3,5H2,1H3. The zero-order valence-corrected chi connectivity index (χ0v) is 8.32. The molecule has 0 aromatic carbocycles. The fourth-order valence-electron chi connectivity index (χ4n) is 0.761. The Morgan fingerprint density at radius 2 is 2.33 bits per heavy atom. The summed E-state index contributed by atoms with van der Waals surface area (Å²) in [5.74, 6) is 0.0558. The molecule has 0 aliphatic rings. The van der Waals surface area contributed by atoms with Crippen LogP contribution >= 0.6 is 11.3 Å². The molecule has 0 aliphatic heterocycles. The van der Waals surface area contributed by atoms with Crippen LogP contribution in [0.15, 0.2) is 16.8 Å². The van der Waals surface area contributed by atoms with E-state index >= 15 is 0 Å². The van der Waals surface area contributed by atoms with Crippen LogP contribution in [0.4, 0.5) is 0 Å². The molecule has 1 heterocycles. The minimum absolute atomic E-state index is 0.0558. The van der Waals surface area contributed by atoms with Crippen molar-refractivity contribution in [1.29, 1.82) is 0 Å². The first-order valence-corrected chi connectivity index (χ1v) is 5.95. The van der Waals surface area contributed by atoms with Gasteiger partial charge in [-0.2, -0.15) is 19.8 Å². The molecule has 0 bridgehead atoms. The number of thiophene rings is 1. The summed E-state index contributed by atoms with van der Waals surface area (Å²) < 4.78 is 26.1. The van der Waals surface area contributed by atoms with Crippen molar-refractivity contribution < 1.29 is 12.6 Å². The van der Waals surface area contributed by atoms with Gasteiger partial charge in [0.25, 0.3) is 10.1 Å². The SMILES string of the molecule is COS(=O)(=O)CCc1ccsc1. The van der Waals surface area contributed by atoms with Crippen molar-refractivity contribution in [3.63, 3.8) is 0 Å². The second-order valence-electron chi connectivity index (χ2n) is 2.31. The van der Waals surface area contributed by atoms with Crippen molar-refractivity contribution in [3.8, 4) is 0 Å². The number of aryl methyl sites for hydroxylation is 1. The molecule has 0 radical (unpaired) electrons. The second-order valence-corrected chi connectivity index (χ2v) is 4.95. The van der Waals surface area contributed by atoms with Crippen LogP contribution in [0, 0.1) is 0 Å². The largest absolute Gasteiger partial charge is 0.273 e. The maximum absolute atomic E-state index is 10.9. The van der Waals surface area contributed by atoms with Gasteiger partial charge in [-0.15, -0.1) is 0 Å². The first-order chi connectivity index (χ1) is 5.64. The Morgan fingerprint density at radius 1 is 1.58 bits per heavy atom. The summed E-state index contributed by atoms with van der Waals surface area (Å²) in [4.78, 5) is 0. The van der Waals surface area contributed by atoms with Crippen LogP contribution in [-0.2, 0) is 20.7 Å². The Morgan fingerprint density at radius 3 is 2.83 bits per heavy atom. The molecular weight excluding hydrogens is 196 g/mol. The van der Waals surface area contributed by atoms with Crippen LogP contribution in [0.1, 0.15) is 5.56 Å². The van der Waals surface area contributed by atoms with Crippen molar-refractivity contribution in [2.45, 2.75) is 6.42 Å².